The van der Waals surface area contributed by atoms with Gasteiger partial charge in [0.2, 0.25) is 23.2 Å². The van der Waals surface area contributed by atoms with Crippen LogP contribution in [0.3, 0.4) is 0 Å². The maximum Gasteiger partial charge on any atom is 0.206 e. The molecule has 2 saturated heterocycles. The van der Waals surface area contributed by atoms with Gasteiger partial charge in [0.15, 0.2) is 0 Å². The molecule has 2 fully saturated rings. The van der Waals surface area contributed by atoms with Crippen LogP contribution in [-0.2, 0) is 20.7 Å². The Hall–Kier alpha value is -5.69. The van der Waals surface area contributed by atoms with Crippen LogP contribution in [0.15, 0.2) is 107 Å². The van der Waals surface area contributed by atoms with Crippen LogP contribution >= 0.6 is 0 Å². The number of benzene rings is 6. The number of sulfone groups is 1. The van der Waals surface area contributed by atoms with Gasteiger partial charge < -0.3 is 19.7 Å². The summed E-state index contributed by atoms with van der Waals surface area (Å²) in [6.45, 7) is 22.6. The summed E-state index contributed by atoms with van der Waals surface area (Å²) in [6, 6.07) is 31.2. The first-order valence-electron chi connectivity index (χ1n) is 26.8. The fourth-order valence-corrected chi connectivity index (χ4v) is 14.4. The van der Waals surface area contributed by atoms with Gasteiger partial charge in [-0.3, -0.25) is 17.9 Å². The van der Waals surface area contributed by atoms with Crippen LogP contribution in [0.5, 0.6) is 34.5 Å². The van der Waals surface area contributed by atoms with Crippen molar-refractivity contribution in [2.75, 3.05) is 95.9 Å². The second-order valence-electron chi connectivity index (χ2n) is 25.6. The Balaban J connectivity index is 0.995. The molecule has 0 bridgehead atoms. The lowest BCUT2D eigenvalue weighted by molar-refractivity contribution is -1.07. The van der Waals surface area contributed by atoms with E-state index in [1.807, 2.05) is 27.7 Å². The number of rotatable bonds is 14. The third-order valence-electron chi connectivity index (χ3n) is 16.7. The highest BCUT2D eigenvalue weighted by Gasteiger charge is 2.47. The monoisotopic (exact) mass is 1040 g/mol. The van der Waals surface area contributed by atoms with E-state index >= 15 is 0 Å². The summed E-state index contributed by atoms with van der Waals surface area (Å²) in [5.74, 6) is 3.34. The zero-order valence-corrected chi connectivity index (χ0v) is 48.8. The number of ether oxygens (including phenoxy) is 2. The second-order valence-corrected chi connectivity index (χ2v) is 27.6. The lowest BCUT2D eigenvalue weighted by Crippen LogP contribution is -2.61. The molecule has 2 aliphatic heterocycles. The van der Waals surface area contributed by atoms with Crippen molar-refractivity contribution in [2.24, 2.45) is 0 Å². The Morgan fingerprint density at radius 1 is 0.440 bits per heavy atom. The van der Waals surface area contributed by atoms with E-state index in [9.17, 15) is 18.6 Å². The molecule has 8 rings (SSSR count). The number of aryl methyl sites for hydroxylation is 8. The van der Waals surface area contributed by atoms with Gasteiger partial charge in [-0.1, -0.05) is 48.5 Å². The molecule has 11 heteroatoms. The first kappa shape index (κ1) is 55.5. The van der Waals surface area contributed by atoms with Crippen molar-refractivity contribution in [1.29, 1.82) is 0 Å². The molecule has 0 aromatic heterocycles. The van der Waals surface area contributed by atoms with Crippen LogP contribution in [0.25, 0.3) is 0 Å². The van der Waals surface area contributed by atoms with Crippen LogP contribution in [0, 0.1) is 55.4 Å². The number of phenolic OH excluding ortho intramolecular Hbond substituents is 2. The molecule has 2 heterocycles. The van der Waals surface area contributed by atoms with Crippen molar-refractivity contribution >= 4 is 9.84 Å². The molecule has 0 aliphatic carbocycles. The van der Waals surface area contributed by atoms with Crippen molar-refractivity contribution in [1.82, 2.24) is 0 Å². The second kappa shape index (κ2) is 20.0. The van der Waals surface area contributed by atoms with Gasteiger partial charge in [0.1, 0.15) is 34.5 Å². The number of hydrogen-bond donors (Lipinski definition) is 2. The summed E-state index contributed by atoms with van der Waals surface area (Å²) in [4.78, 5) is 0.354. The highest BCUT2D eigenvalue weighted by atomic mass is 32.2. The van der Waals surface area contributed by atoms with Crippen molar-refractivity contribution < 1.29 is 46.0 Å². The van der Waals surface area contributed by atoms with E-state index in [1.54, 1.807) is 48.5 Å². The number of likely N-dealkylation sites (tertiary alicyclic amines) is 2. The van der Waals surface area contributed by atoms with Gasteiger partial charge in [-0.2, -0.15) is 0 Å². The average Bonchev–Trinajstić information content (AvgIpc) is 3.31. The molecule has 0 saturated carbocycles. The van der Waals surface area contributed by atoms with Gasteiger partial charge in [-0.15, -0.1) is 0 Å². The zero-order chi connectivity index (χ0) is 54.8. The van der Waals surface area contributed by atoms with Gasteiger partial charge in [0.25, 0.3) is 0 Å². The molecule has 10 nitrogen and oxygen atoms in total. The first-order chi connectivity index (χ1) is 34.8. The Bertz CT molecular complexity index is 2920. The van der Waals surface area contributed by atoms with Crippen molar-refractivity contribution in [3.63, 3.8) is 0 Å². The SMILES string of the molecule is Cc1cc(C2(c3cc(C)c(Oc4ccc(S(=O)(=O)c5ccc(Oc6c(C)cc(C7(c8cc(C)c(O)c(C)c8)CC[N+](C)(C[N+](C)(C)C)CC7)cc6C)cc5)cc4)c(C)c3)CC[N+](C)(C[N+](C)(C)C)CC2)cc(C)c1O. The molecule has 2 aliphatic rings. The Morgan fingerprint density at radius 3 is 0.920 bits per heavy atom. The molecule has 0 amide bonds. The first-order valence-corrected chi connectivity index (χ1v) is 28.3. The molecule has 400 valence electrons. The smallest absolute Gasteiger partial charge is 0.206 e. The molecule has 75 heavy (non-hydrogen) atoms. The molecule has 0 atom stereocenters. The molecule has 0 spiro atoms. The summed E-state index contributed by atoms with van der Waals surface area (Å²) in [5.41, 5.74) is 12.2. The summed E-state index contributed by atoms with van der Waals surface area (Å²) in [7, 11) is 14.5. The van der Waals surface area contributed by atoms with Gasteiger partial charge >= 0.3 is 0 Å². The highest BCUT2D eigenvalue weighted by Crippen LogP contribution is 2.49. The van der Waals surface area contributed by atoms with Crippen LogP contribution < -0.4 is 9.47 Å². The molecule has 0 unspecified atom stereocenters. The van der Waals surface area contributed by atoms with Crippen molar-refractivity contribution in [2.45, 2.75) is 102 Å². The molecular formula is C64H86N4O6S+4. The predicted molar refractivity (Wildman–Crippen MR) is 303 cm³/mol. The fourth-order valence-electron chi connectivity index (χ4n) is 13.1. The lowest BCUT2D eigenvalue weighted by atomic mass is 9.66. The van der Waals surface area contributed by atoms with E-state index in [4.69, 9.17) is 9.47 Å². The van der Waals surface area contributed by atoms with Crippen LogP contribution in [-0.4, -0.2) is 132 Å². The zero-order valence-electron chi connectivity index (χ0n) is 48.0. The minimum Gasteiger partial charge on any atom is -0.507 e. The molecule has 6 aromatic carbocycles. The van der Waals surface area contributed by atoms with Crippen LogP contribution in [0.4, 0.5) is 0 Å². The Labute approximate surface area is 449 Å². The third-order valence-corrected chi connectivity index (χ3v) is 18.5. The standard InChI is InChI=1S/C64H84N4O6S/c1-43-33-51(34-44(2)59(43)69)63(25-29-67(15,30-26-63)41-65(9,10)11)53-37-47(5)61(48(6)38-53)73-55-17-21-57(22-18-55)75(71,72)58-23-19-56(20-24-58)74-62-49(7)39-54(40-50(62)8)64(52-35-45(3)60(70)46(4)36-52)27-31-68(16,32-28-64)42-66(12,13)14/h17-24,33-40H,25-32,41-42H2,1-16H3/q+2/p+2. The van der Waals surface area contributed by atoms with E-state index in [0.717, 1.165) is 139 Å². The summed E-state index contributed by atoms with van der Waals surface area (Å²) in [6.07, 6.45) is 3.91. The van der Waals surface area contributed by atoms with Gasteiger partial charge in [0.05, 0.1) is 92.4 Å². The minimum atomic E-state index is -3.86. The van der Waals surface area contributed by atoms with E-state index in [-0.39, 0.29) is 20.6 Å². The summed E-state index contributed by atoms with van der Waals surface area (Å²) in [5, 5.41) is 21.6. The van der Waals surface area contributed by atoms with Gasteiger partial charge in [-0.25, -0.2) is 8.42 Å². The number of aromatic hydroxyl groups is 2. The van der Waals surface area contributed by atoms with E-state index in [1.165, 1.54) is 22.3 Å². The minimum absolute atomic E-state index is 0.177. The van der Waals surface area contributed by atoms with E-state index < -0.39 is 9.84 Å². The normalized spacial score (nSPS) is 22.5. The van der Waals surface area contributed by atoms with Gasteiger partial charge in [-0.05, 0) is 171 Å². The number of phenols is 2. The maximum atomic E-state index is 14.1. The highest BCUT2D eigenvalue weighted by molar-refractivity contribution is 7.91. The van der Waals surface area contributed by atoms with Crippen molar-refractivity contribution in [3.05, 3.63) is 164 Å². The number of nitrogens with zero attached hydrogens (tertiary/aromatic N) is 4. The van der Waals surface area contributed by atoms with Crippen LogP contribution in [0.2, 0.25) is 0 Å². The van der Waals surface area contributed by atoms with Crippen LogP contribution in [0.1, 0.15) is 92.4 Å². The number of hydrogen-bond acceptors (Lipinski definition) is 6. The van der Waals surface area contributed by atoms with Gasteiger partial charge in [0, 0.05) is 36.5 Å². The maximum absolute atomic E-state index is 14.1. The predicted octanol–water partition coefficient (Wildman–Crippen LogP) is 12.4. The molecule has 0 radical (unpaired) electrons. The molecule has 6 aromatic rings. The summed E-state index contributed by atoms with van der Waals surface area (Å²) < 4.78 is 45.1. The molecule has 2 N–H and O–H groups in total. The number of piperidine rings is 2. The van der Waals surface area contributed by atoms with E-state index in [0.29, 0.717) is 23.0 Å². The topological polar surface area (TPSA) is 93.1 Å². The van der Waals surface area contributed by atoms with E-state index in [2.05, 4.69) is 133 Å². The average molecular weight is 1040 g/mol. The van der Waals surface area contributed by atoms with Crippen molar-refractivity contribution in [3.8, 4) is 34.5 Å². The largest absolute Gasteiger partial charge is 0.507 e. The summed E-state index contributed by atoms with van der Waals surface area (Å²) >= 11 is 0. The lowest BCUT2D eigenvalue weighted by Gasteiger charge is -2.48. The fraction of sp³-hybridized carbons (Fsp3) is 0.438. The quantitative estimate of drug-likeness (QED) is 0.106. The third kappa shape index (κ3) is 11.4. The Kier molecular flexibility index (Phi) is 14.8. The molecular weight excluding hydrogens is 953 g/mol. The number of quaternary nitrogens is 4. The Morgan fingerprint density at radius 2 is 0.680 bits per heavy atom.